The lowest BCUT2D eigenvalue weighted by atomic mass is 10.3. The molecule has 6 nitrogen and oxygen atoms in total. The predicted octanol–water partition coefficient (Wildman–Crippen LogP) is 2.09. The standard InChI is InChI=1S/C17H23FN4O2S/c1-3-19-17(22-10-16-20-8-12(2)25-16)21-9-14(23)11-24-15-6-4-13(18)5-7-15/h4-8,14,23H,3,9-11H2,1-2H3,(H2,19,21,22). The third-order valence-electron chi connectivity index (χ3n) is 3.15. The minimum Gasteiger partial charge on any atom is -0.491 e. The first-order valence-electron chi connectivity index (χ1n) is 8.06. The fourth-order valence-corrected chi connectivity index (χ4v) is 2.67. The van der Waals surface area contributed by atoms with Gasteiger partial charge in [-0.1, -0.05) is 0 Å². The molecule has 0 bridgehead atoms. The van der Waals surface area contributed by atoms with E-state index in [1.165, 1.54) is 24.3 Å². The SMILES string of the molecule is CCNC(=NCc1ncc(C)s1)NCC(O)COc1ccc(F)cc1. The molecule has 1 unspecified atom stereocenters. The Labute approximate surface area is 150 Å². The van der Waals surface area contributed by atoms with Crippen molar-refractivity contribution >= 4 is 17.3 Å². The second kappa shape index (κ2) is 9.95. The van der Waals surface area contributed by atoms with Crippen LogP contribution in [0.15, 0.2) is 35.5 Å². The third-order valence-corrected chi connectivity index (χ3v) is 4.04. The molecule has 1 atom stereocenters. The zero-order chi connectivity index (χ0) is 18.1. The molecule has 0 amide bonds. The molecule has 0 aliphatic carbocycles. The van der Waals surface area contributed by atoms with Gasteiger partial charge in [-0.05, 0) is 38.1 Å². The fourth-order valence-electron chi connectivity index (χ4n) is 1.96. The van der Waals surface area contributed by atoms with Crippen LogP contribution in [0, 0.1) is 12.7 Å². The topological polar surface area (TPSA) is 78.8 Å². The van der Waals surface area contributed by atoms with Crippen LogP contribution in [0.25, 0.3) is 0 Å². The average molecular weight is 366 g/mol. The van der Waals surface area contributed by atoms with E-state index in [9.17, 15) is 9.50 Å². The average Bonchev–Trinajstić information content (AvgIpc) is 3.02. The van der Waals surface area contributed by atoms with Gasteiger partial charge in [0.25, 0.3) is 0 Å². The second-order valence-electron chi connectivity index (χ2n) is 5.36. The van der Waals surface area contributed by atoms with Crippen LogP contribution in [0.1, 0.15) is 16.8 Å². The van der Waals surface area contributed by atoms with Crippen molar-refractivity contribution in [1.82, 2.24) is 15.6 Å². The highest BCUT2D eigenvalue weighted by Crippen LogP contribution is 2.12. The first-order valence-corrected chi connectivity index (χ1v) is 8.88. The Bertz CT molecular complexity index is 676. The maximum absolute atomic E-state index is 12.8. The number of aliphatic imine (C=N–C) groups is 1. The van der Waals surface area contributed by atoms with Crippen molar-refractivity contribution in [3.8, 4) is 5.75 Å². The van der Waals surface area contributed by atoms with Crippen LogP contribution in [-0.2, 0) is 6.54 Å². The first-order chi connectivity index (χ1) is 12.1. The van der Waals surface area contributed by atoms with Gasteiger partial charge in [0.05, 0.1) is 6.54 Å². The van der Waals surface area contributed by atoms with Crippen molar-refractivity contribution in [1.29, 1.82) is 0 Å². The summed E-state index contributed by atoms with van der Waals surface area (Å²) in [6.07, 6.45) is 1.10. The first kappa shape index (κ1) is 19.1. The number of nitrogens with zero attached hydrogens (tertiary/aromatic N) is 2. The molecule has 1 aromatic heterocycles. The number of aliphatic hydroxyl groups is 1. The number of benzene rings is 1. The number of rotatable bonds is 8. The van der Waals surface area contributed by atoms with Gasteiger partial charge in [0.15, 0.2) is 5.96 Å². The maximum Gasteiger partial charge on any atom is 0.191 e. The van der Waals surface area contributed by atoms with Gasteiger partial charge in [0, 0.05) is 24.2 Å². The molecular weight excluding hydrogens is 343 g/mol. The maximum atomic E-state index is 12.8. The summed E-state index contributed by atoms with van der Waals surface area (Å²) in [6, 6.07) is 5.68. The molecule has 0 radical (unpaired) electrons. The smallest absolute Gasteiger partial charge is 0.191 e. The number of aryl methyl sites for hydroxylation is 1. The fraction of sp³-hybridized carbons (Fsp3) is 0.412. The second-order valence-corrected chi connectivity index (χ2v) is 6.68. The molecule has 0 fully saturated rings. The highest BCUT2D eigenvalue weighted by molar-refractivity contribution is 7.11. The number of aromatic nitrogens is 1. The molecule has 0 saturated carbocycles. The highest BCUT2D eigenvalue weighted by atomic mass is 32.1. The van der Waals surface area contributed by atoms with E-state index in [-0.39, 0.29) is 19.0 Å². The van der Waals surface area contributed by atoms with Gasteiger partial charge in [-0.25, -0.2) is 14.4 Å². The number of hydrogen-bond acceptors (Lipinski definition) is 5. The Morgan fingerprint density at radius 3 is 2.76 bits per heavy atom. The van der Waals surface area contributed by atoms with Gasteiger partial charge < -0.3 is 20.5 Å². The van der Waals surface area contributed by atoms with Crippen LogP contribution in [0.2, 0.25) is 0 Å². The highest BCUT2D eigenvalue weighted by Gasteiger charge is 2.07. The van der Waals surface area contributed by atoms with Crippen molar-refractivity contribution in [3.05, 3.63) is 46.2 Å². The summed E-state index contributed by atoms with van der Waals surface area (Å²) in [7, 11) is 0. The molecule has 0 aliphatic heterocycles. The lowest BCUT2D eigenvalue weighted by molar-refractivity contribution is 0.110. The Morgan fingerprint density at radius 2 is 2.12 bits per heavy atom. The molecule has 2 rings (SSSR count). The number of aliphatic hydroxyl groups excluding tert-OH is 1. The molecule has 0 spiro atoms. The minimum absolute atomic E-state index is 0.101. The Morgan fingerprint density at radius 1 is 1.36 bits per heavy atom. The van der Waals surface area contributed by atoms with Crippen molar-refractivity contribution in [3.63, 3.8) is 0 Å². The van der Waals surface area contributed by atoms with E-state index in [2.05, 4.69) is 20.6 Å². The van der Waals surface area contributed by atoms with Crippen molar-refractivity contribution < 1.29 is 14.2 Å². The van der Waals surface area contributed by atoms with Gasteiger partial charge in [-0.3, -0.25) is 0 Å². The van der Waals surface area contributed by atoms with Crippen LogP contribution in [0.3, 0.4) is 0 Å². The van der Waals surface area contributed by atoms with E-state index in [4.69, 9.17) is 4.74 Å². The van der Waals surface area contributed by atoms with E-state index in [0.717, 1.165) is 9.88 Å². The van der Waals surface area contributed by atoms with E-state index < -0.39 is 6.10 Å². The number of nitrogens with one attached hydrogen (secondary N) is 2. The summed E-state index contributed by atoms with van der Waals surface area (Å²) in [5.41, 5.74) is 0. The van der Waals surface area contributed by atoms with E-state index in [1.807, 2.05) is 20.0 Å². The van der Waals surface area contributed by atoms with E-state index in [0.29, 0.717) is 24.8 Å². The third kappa shape index (κ3) is 7.06. The molecule has 136 valence electrons. The quantitative estimate of drug-likeness (QED) is 0.492. The molecule has 1 aromatic carbocycles. The Hall–Kier alpha value is -2.19. The van der Waals surface area contributed by atoms with Gasteiger partial charge >= 0.3 is 0 Å². The van der Waals surface area contributed by atoms with Crippen molar-refractivity contribution in [2.75, 3.05) is 19.7 Å². The zero-order valence-corrected chi connectivity index (χ0v) is 15.1. The molecule has 8 heteroatoms. The van der Waals surface area contributed by atoms with Crippen molar-refractivity contribution in [2.24, 2.45) is 4.99 Å². The van der Waals surface area contributed by atoms with Crippen LogP contribution < -0.4 is 15.4 Å². The summed E-state index contributed by atoms with van der Waals surface area (Å²) in [6.45, 7) is 5.55. The van der Waals surface area contributed by atoms with Gasteiger partial charge in [-0.15, -0.1) is 11.3 Å². The van der Waals surface area contributed by atoms with Crippen LogP contribution >= 0.6 is 11.3 Å². The zero-order valence-electron chi connectivity index (χ0n) is 14.3. The minimum atomic E-state index is -0.726. The number of ether oxygens (including phenoxy) is 1. The Balaban J connectivity index is 1.77. The number of guanidine groups is 1. The molecule has 25 heavy (non-hydrogen) atoms. The molecular formula is C17H23FN4O2S. The van der Waals surface area contributed by atoms with E-state index >= 15 is 0 Å². The summed E-state index contributed by atoms with van der Waals surface area (Å²) < 4.78 is 18.2. The molecule has 0 aliphatic rings. The molecule has 0 saturated heterocycles. The lowest BCUT2D eigenvalue weighted by Crippen LogP contribution is -2.42. The normalized spacial score (nSPS) is 12.7. The summed E-state index contributed by atoms with van der Waals surface area (Å²) in [5.74, 6) is 0.799. The summed E-state index contributed by atoms with van der Waals surface area (Å²) >= 11 is 1.61. The molecule has 3 N–H and O–H groups in total. The molecule has 2 aromatic rings. The van der Waals surface area contributed by atoms with Gasteiger partial charge in [0.1, 0.15) is 29.3 Å². The number of halogens is 1. The van der Waals surface area contributed by atoms with Gasteiger partial charge in [0.2, 0.25) is 0 Å². The monoisotopic (exact) mass is 366 g/mol. The van der Waals surface area contributed by atoms with E-state index in [1.54, 1.807) is 11.3 Å². The molecule has 1 heterocycles. The summed E-state index contributed by atoms with van der Waals surface area (Å²) in [4.78, 5) is 9.87. The van der Waals surface area contributed by atoms with Crippen LogP contribution in [0.4, 0.5) is 4.39 Å². The van der Waals surface area contributed by atoms with Crippen LogP contribution in [0.5, 0.6) is 5.75 Å². The largest absolute Gasteiger partial charge is 0.491 e. The van der Waals surface area contributed by atoms with Crippen molar-refractivity contribution in [2.45, 2.75) is 26.5 Å². The predicted molar refractivity (Wildman–Crippen MR) is 97.6 cm³/mol. The Kier molecular flexibility index (Phi) is 7.62. The van der Waals surface area contributed by atoms with Gasteiger partial charge in [-0.2, -0.15) is 0 Å². The number of hydrogen-bond donors (Lipinski definition) is 3. The summed E-state index contributed by atoms with van der Waals surface area (Å²) in [5, 5.41) is 17.1. The van der Waals surface area contributed by atoms with Crippen LogP contribution in [-0.4, -0.2) is 41.9 Å². The number of thiazole rings is 1. The lowest BCUT2D eigenvalue weighted by Gasteiger charge is -2.15.